The fourth-order valence-corrected chi connectivity index (χ4v) is 0. The van der Waals surface area contributed by atoms with E-state index in [4.69, 9.17) is 9.79 Å². The van der Waals surface area contributed by atoms with Gasteiger partial charge in [0, 0.05) is 20.0 Å². The van der Waals surface area contributed by atoms with E-state index in [0.29, 0.717) is 0 Å². The number of hydrogen-bond donors (Lipinski definition) is 2. The smallest absolute Gasteiger partial charge is 0.194 e. The van der Waals surface area contributed by atoms with E-state index < -0.39 is 14.1 Å². The highest BCUT2D eigenvalue weighted by Crippen LogP contribution is 2.41. The quantitative estimate of drug-likeness (QED) is 0.459. The van der Waals surface area contributed by atoms with Crippen molar-refractivity contribution in [2.45, 2.75) is 0 Å². The van der Waals surface area contributed by atoms with Gasteiger partial charge >= 0.3 is 0 Å². The van der Waals surface area contributed by atoms with Crippen LogP contribution in [0, 0.1) is 0 Å². The molecule has 2 N–H and O–H groups in total. The zero-order valence-electron chi connectivity index (χ0n) is 6.61. The van der Waals surface area contributed by atoms with E-state index in [0.717, 1.165) is 0 Å². The predicted octanol–water partition coefficient (Wildman–Crippen LogP) is 1.15. The van der Waals surface area contributed by atoms with Crippen LogP contribution in [-0.2, 0) is 16.8 Å². The van der Waals surface area contributed by atoms with Crippen LogP contribution in [0.25, 0.3) is 0 Å². The summed E-state index contributed by atoms with van der Waals surface area (Å²) >= 11 is 4.49. The Morgan fingerprint density at radius 3 is 1.40 bits per heavy atom. The topological polar surface area (TPSA) is 57.5 Å². The summed E-state index contributed by atoms with van der Waals surface area (Å²) < 4.78 is 9.77. The molecule has 10 heavy (non-hydrogen) atoms. The van der Waals surface area contributed by atoms with Gasteiger partial charge in [0.25, 0.3) is 0 Å². The molecule has 0 heterocycles. The van der Waals surface area contributed by atoms with E-state index in [1.54, 1.807) is 13.3 Å². The third-order valence-electron chi connectivity index (χ3n) is 0. The van der Waals surface area contributed by atoms with Crippen LogP contribution in [0.5, 0.6) is 0 Å². The minimum absolute atomic E-state index is 1.30. The van der Waals surface area contributed by atoms with Crippen LogP contribution in [0.4, 0.5) is 0 Å². The Labute approximate surface area is 67.9 Å². The minimum atomic E-state index is -2.64. The molecule has 0 aromatic heterocycles. The first-order chi connectivity index (χ1) is 4.00. The van der Waals surface area contributed by atoms with Crippen molar-refractivity contribution in [3.63, 3.8) is 0 Å². The Hall–Kier alpha value is 0.930. The molecular weight excluding hydrogens is 190 g/mol. The molecule has 64 valence electrons. The Kier molecular flexibility index (Phi) is 6.40. The summed E-state index contributed by atoms with van der Waals surface area (Å²) in [5.74, 6) is 0. The molecule has 0 radical (unpaired) electrons. The van der Waals surface area contributed by atoms with E-state index in [1.165, 1.54) is 13.3 Å². The van der Waals surface area contributed by atoms with Gasteiger partial charge in [0.05, 0.1) is 13.3 Å². The van der Waals surface area contributed by atoms with E-state index >= 15 is 0 Å². The monoisotopic (exact) mass is 204 g/mol. The van der Waals surface area contributed by atoms with Crippen molar-refractivity contribution in [3.05, 3.63) is 0 Å². The largest absolute Gasteiger partial charge is 0.526 e. The molecule has 0 atom stereocenters. The second kappa shape index (κ2) is 4.74. The van der Waals surface area contributed by atoms with Crippen LogP contribution < -0.4 is 0 Å². The molecule has 3 nitrogen and oxygen atoms in total. The fraction of sp³-hybridized carbons (Fsp3) is 1.00. The van der Waals surface area contributed by atoms with Crippen LogP contribution in [0.3, 0.4) is 0 Å². The van der Waals surface area contributed by atoms with E-state index in [-0.39, 0.29) is 0 Å². The van der Waals surface area contributed by atoms with Gasteiger partial charge in [-0.3, -0.25) is 9.46 Å². The van der Waals surface area contributed by atoms with Crippen molar-refractivity contribution in [2.75, 3.05) is 26.7 Å². The summed E-state index contributed by atoms with van der Waals surface area (Å²) in [4.78, 5) is 16.5. The first kappa shape index (κ1) is 13.5. The van der Waals surface area contributed by atoms with Gasteiger partial charge in [-0.25, -0.2) is 0 Å². The van der Waals surface area contributed by atoms with Crippen molar-refractivity contribution in [1.82, 2.24) is 0 Å². The maximum atomic E-state index is 9.77. The first-order valence-electron chi connectivity index (χ1n) is 2.55. The molecule has 0 bridgehead atoms. The van der Waals surface area contributed by atoms with Gasteiger partial charge in [-0.05, 0) is 0 Å². The van der Waals surface area contributed by atoms with E-state index in [2.05, 4.69) is 12.2 Å². The third-order valence-corrected chi connectivity index (χ3v) is 0. The van der Waals surface area contributed by atoms with Gasteiger partial charge in [-0.2, -0.15) is 0 Å². The van der Waals surface area contributed by atoms with Crippen molar-refractivity contribution < 1.29 is 14.4 Å². The molecule has 0 aromatic rings. The van der Waals surface area contributed by atoms with Crippen LogP contribution in [-0.4, -0.2) is 36.4 Å². The lowest BCUT2D eigenvalue weighted by Gasteiger charge is -2.10. The number of rotatable bonds is 0. The van der Waals surface area contributed by atoms with Gasteiger partial charge in [0.15, 0.2) is 7.37 Å². The summed E-state index contributed by atoms with van der Waals surface area (Å²) in [5.41, 5.74) is 0. The van der Waals surface area contributed by atoms with E-state index in [1.807, 2.05) is 0 Å². The van der Waals surface area contributed by atoms with Crippen molar-refractivity contribution >= 4 is 26.3 Å². The van der Waals surface area contributed by atoms with Crippen LogP contribution in [0.2, 0.25) is 0 Å². The lowest BCUT2D eigenvalue weighted by Crippen LogP contribution is -1.73. The Morgan fingerprint density at radius 1 is 1.40 bits per heavy atom. The van der Waals surface area contributed by atoms with Crippen molar-refractivity contribution in [1.29, 1.82) is 0 Å². The third kappa shape index (κ3) is 649. The van der Waals surface area contributed by atoms with Gasteiger partial charge in [-0.15, -0.1) is 0 Å². The molecule has 0 aliphatic heterocycles. The molecule has 0 amide bonds. The first-order valence-corrected chi connectivity index (χ1v) is 8.76. The predicted molar refractivity (Wildman–Crippen MR) is 50.0 cm³/mol. The maximum absolute atomic E-state index is 9.77. The highest BCUT2D eigenvalue weighted by atomic mass is 32.7. The average Bonchev–Trinajstić information content (AvgIpc) is 1.12. The molecule has 0 spiro atoms. The highest BCUT2D eigenvalue weighted by Gasteiger charge is 1.94. The Morgan fingerprint density at radius 2 is 1.40 bits per heavy atom. The van der Waals surface area contributed by atoms with Crippen LogP contribution in [0.15, 0.2) is 0 Å². The van der Waals surface area contributed by atoms with Crippen molar-refractivity contribution in [3.8, 4) is 0 Å². The minimum Gasteiger partial charge on any atom is -0.526 e. The zero-order chi connectivity index (χ0) is 9.00. The molecule has 0 rings (SSSR count). The van der Waals surface area contributed by atoms with Gasteiger partial charge in [-0.1, -0.05) is 0 Å². The fourth-order valence-electron chi connectivity index (χ4n) is 0. The summed E-state index contributed by atoms with van der Waals surface area (Å²) in [7, 11) is -2.64. The molecule has 0 fully saturated rings. The molecule has 0 unspecified atom stereocenters. The van der Waals surface area contributed by atoms with Gasteiger partial charge < -0.3 is 17.1 Å². The molecule has 0 saturated heterocycles. The summed E-state index contributed by atoms with van der Waals surface area (Å²) in [6, 6.07) is 0. The normalized spacial score (nSPS) is 11.9. The molecule has 0 saturated carbocycles. The second-order valence-electron chi connectivity index (χ2n) is 2.59. The zero-order valence-corrected chi connectivity index (χ0v) is 9.21. The maximum Gasteiger partial charge on any atom is 0.194 e. The lowest BCUT2D eigenvalue weighted by atomic mass is 11.9. The lowest BCUT2D eigenvalue weighted by molar-refractivity contribution is 0.492. The average molecular weight is 204 g/mol. The Balaban J connectivity index is 0. The van der Waals surface area contributed by atoms with Crippen LogP contribution >= 0.6 is 14.1 Å². The number of hydrogen-bond acceptors (Lipinski definition) is 3. The molecular formula is C4H14O3P2S. The van der Waals surface area contributed by atoms with Crippen LogP contribution in [0.1, 0.15) is 0 Å². The van der Waals surface area contributed by atoms with Gasteiger partial charge in [0.2, 0.25) is 0 Å². The Bertz CT molecular complexity index is 111. The van der Waals surface area contributed by atoms with E-state index in [9.17, 15) is 4.57 Å². The molecule has 0 aromatic carbocycles. The van der Waals surface area contributed by atoms with Gasteiger partial charge in [0.1, 0.15) is 0 Å². The molecule has 6 heteroatoms. The second-order valence-corrected chi connectivity index (χ2v) is 10.4. The molecule has 0 aliphatic carbocycles. The standard InChI is InChI=1S/C2H7O2P.C2H7OPS/c1-5(2,3)4;1-4(2,3)5/h1-2H3,(H,3,4);1-2H3,(H,3,5). The summed E-state index contributed by atoms with van der Waals surface area (Å²) in [6.45, 7) is 4.13. The molecule has 0 aliphatic rings. The summed E-state index contributed by atoms with van der Waals surface area (Å²) in [5, 5.41) is 0. The van der Waals surface area contributed by atoms with Crippen molar-refractivity contribution in [2.24, 2.45) is 0 Å². The SMILES string of the molecule is CP(C)(=O)O.C[P+](C)(O)[S-]. The summed E-state index contributed by atoms with van der Waals surface area (Å²) in [6.07, 6.45) is 0. The highest BCUT2D eigenvalue weighted by molar-refractivity contribution is 8.39.